The molecule has 9 nitrogen and oxygen atoms in total. The molecule has 0 bridgehead atoms. The highest BCUT2D eigenvalue weighted by Crippen LogP contribution is 2.25. The molecule has 9 heteroatoms. The number of nitrogens with zero attached hydrogens (tertiary/aromatic N) is 6. The Labute approximate surface area is 179 Å². The van der Waals surface area contributed by atoms with Gasteiger partial charge in [-0.25, -0.2) is 9.97 Å². The minimum atomic E-state index is -0.372. The molecular formula is C22H23N7O2. The van der Waals surface area contributed by atoms with E-state index in [0.29, 0.717) is 11.8 Å². The number of anilines is 2. The Hall–Kier alpha value is -3.72. The van der Waals surface area contributed by atoms with E-state index in [-0.39, 0.29) is 11.7 Å². The van der Waals surface area contributed by atoms with Crippen molar-refractivity contribution in [1.82, 2.24) is 24.6 Å². The first kappa shape index (κ1) is 19.3. The number of nitrogens with one attached hydrogen (secondary N) is 1. The summed E-state index contributed by atoms with van der Waals surface area (Å²) in [6.07, 6.45) is 7.00. The normalized spacial score (nSPS) is 14.8. The Kier molecular flexibility index (Phi) is 4.87. The van der Waals surface area contributed by atoms with Crippen LogP contribution in [0.15, 0.2) is 53.5 Å². The standard InChI is InChI=1S/C22H23N7O2/c1-27-5-7-29(8-6-27)22-24-13-19(31-22)21(30)26-20-10-17-9-15(3-4-16(17)11-23-20)18-12-25-28(2)14-18/h3-4,9-14H,5-8H2,1-2H3,(H,23,26,30). The number of aromatic nitrogens is 4. The van der Waals surface area contributed by atoms with Gasteiger partial charge in [-0.15, -0.1) is 0 Å². The lowest BCUT2D eigenvalue weighted by atomic mass is 10.1. The third kappa shape index (κ3) is 3.99. The molecule has 158 valence electrons. The van der Waals surface area contributed by atoms with Crippen molar-refractivity contribution in [3.63, 3.8) is 0 Å². The van der Waals surface area contributed by atoms with Gasteiger partial charge in [-0.05, 0) is 30.1 Å². The molecule has 1 N–H and O–H groups in total. The Balaban J connectivity index is 1.33. The van der Waals surface area contributed by atoms with Gasteiger partial charge in [0.1, 0.15) is 5.82 Å². The second kappa shape index (κ2) is 7.84. The summed E-state index contributed by atoms with van der Waals surface area (Å²) in [5.74, 6) is 0.251. The van der Waals surface area contributed by atoms with E-state index in [4.69, 9.17) is 4.42 Å². The first-order valence-corrected chi connectivity index (χ1v) is 10.1. The van der Waals surface area contributed by atoms with Gasteiger partial charge >= 0.3 is 0 Å². The predicted molar refractivity (Wildman–Crippen MR) is 118 cm³/mol. The van der Waals surface area contributed by atoms with E-state index in [9.17, 15) is 4.79 Å². The van der Waals surface area contributed by atoms with Crippen molar-refractivity contribution < 1.29 is 9.21 Å². The summed E-state index contributed by atoms with van der Waals surface area (Å²) in [6, 6.07) is 8.43. The van der Waals surface area contributed by atoms with Crippen LogP contribution in [-0.4, -0.2) is 63.8 Å². The van der Waals surface area contributed by atoms with Crippen molar-refractivity contribution >= 4 is 28.5 Å². The van der Waals surface area contributed by atoms with Gasteiger partial charge in [0.25, 0.3) is 11.9 Å². The molecule has 1 aromatic carbocycles. The van der Waals surface area contributed by atoms with Crippen LogP contribution in [0.2, 0.25) is 0 Å². The quantitative estimate of drug-likeness (QED) is 0.546. The number of benzene rings is 1. The molecule has 4 heterocycles. The van der Waals surface area contributed by atoms with Crippen LogP contribution in [0.4, 0.5) is 11.8 Å². The summed E-state index contributed by atoms with van der Waals surface area (Å²) in [5, 5.41) is 9.00. The number of carbonyl (C=O) groups is 1. The van der Waals surface area contributed by atoms with Crippen LogP contribution in [0.1, 0.15) is 10.6 Å². The zero-order valence-corrected chi connectivity index (χ0v) is 17.4. The molecule has 0 radical (unpaired) electrons. The van der Waals surface area contributed by atoms with Crippen LogP contribution >= 0.6 is 0 Å². The van der Waals surface area contributed by atoms with Gasteiger partial charge in [-0.3, -0.25) is 9.48 Å². The van der Waals surface area contributed by atoms with Gasteiger partial charge in [0.15, 0.2) is 0 Å². The van der Waals surface area contributed by atoms with E-state index in [1.54, 1.807) is 10.9 Å². The van der Waals surface area contributed by atoms with E-state index in [0.717, 1.165) is 48.1 Å². The zero-order chi connectivity index (χ0) is 21.4. The Morgan fingerprint density at radius 1 is 0.968 bits per heavy atom. The van der Waals surface area contributed by atoms with Crippen molar-refractivity contribution in [2.45, 2.75) is 0 Å². The van der Waals surface area contributed by atoms with E-state index >= 15 is 0 Å². The summed E-state index contributed by atoms with van der Waals surface area (Å²) in [7, 11) is 3.97. The molecular weight excluding hydrogens is 394 g/mol. The molecule has 0 atom stereocenters. The molecule has 0 saturated carbocycles. The fourth-order valence-electron chi connectivity index (χ4n) is 3.65. The van der Waals surface area contributed by atoms with E-state index < -0.39 is 0 Å². The third-order valence-corrected chi connectivity index (χ3v) is 5.49. The number of oxazole rings is 1. The number of amides is 1. The predicted octanol–water partition coefficient (Wildman–Crippen LogP) is 2.63. The Morgan fingerprint density at radius 3 is 2.58 bits per heavy atom. The molecule has 5 rings (SSSR count). The minimum absolute atomic E-state index is 0.167. The van der Waals surface area contributed by atoms with Crippen molar-refractivity contribution in [3.05, 3.63) is 54.8 Å². The summed E-state index contributed by atoms with van der Waals surface area (Å²) in [6.45, 7) is 3.52. The van der Waals surface area contributed by atoms with Crippen molar-refractivity contribution in [2.24, 2.45) is 7.05 Å². The summed E-state index contributed by atoms with van der Waals surface area (Å²) in [4.78, 5) is 25.6. The summed E-state index contributed by atoms with van der Waals surface area (Å²) >= 11 is 0. The average Bonchev–Trinajstić information content (AvgIpc) is 3.43. The Bertz CT molecular complexity index is 1240. The largest absolute Gasteiger partial charge is 0.418 e. The van der Waals surface area contributed by atoms with Gasteiger partial charge in [0.2, 0.25) is 5.76 Å². The van der Waals surface area contributed by atoms with Crippen LogP contribution in [0, 0.1) is 0 Å². The molecule has 0 spiro atoms. The monoisotopic (exact) mass is 417 g/mol. The van der Waals surface area contributed by atoms with Crippen molar-refractivity contribution in [3.8, 4) is 11.1 Å². The molecule has 1 aliphatic heterocycles. The van der Waals surface area contributed by atoms with E-state index in [2.05, 4.69) is 38.4 Å². The number of piperazine rings is 1. The molecule has 0 aliphatic carbocycles. The van der Waals surface area contributed by atoms with Crippen LogP contribution in [0.5, 0.6) is 0 Å². The maximum absolute atomic E-state index is 12.7. The first-order chi connectivity index (χ1) is 15.0. The maximum atomic E-state index is 12.7. The average molecular weight is 417 g/mol. The van der Waals surface area contributed by atoms with Crippen LogP contribution < -0.4 is 10.2 Å². The molecule has 1 fully saturated rings. The SMILES string of the molecule is CN1CCN(c2ncc(C(=O)Nc3cc4cc(-c5cnn(C)c5)ccc4cn3)o2)CC1. The van der Waals surface area contributed by atoms with Gasteiger partial charge in [0.05, 0.1) is 12.4 Å². The number of likely N-dealkylation sites (N-methyl/N-ethyl adjacent to an activating group) is 1. The van der Waals surface area contributed by atoms with Crippen molar-refractivity contribution in [1.29, 1.82) is 0 Å². The topological polar surface area (TPSA) is 92.3 Å². The molecule has 0 unspecified atom stereocenters. The lowest BCUT2D eigenvalue weighted by Gasteiger charge is -2.31. The lowest BCUT2D eigenvalue weighted by Crippen LogP contribution is -2.44. The van der Waals surface area contributed by atoms with Gasteiger partial charge in [-0.1, -0.05) is 12.1 Å². The molecule has 4 aromatic rings. The molecule has 31 heavy (non-hydrogen) atoms. The highest BCUT2D eigenvalue weighted by Gasteiger charge is 2.21. The number of pyridine rings is 1. The minimum Gasteiger partial charge on any atom is -0.418 e. The fraction of sp³-hybridized carbons (Fsp3) is 0.273. The number of rotatable bonds is 4. The fourth-order valence-corrected chi connectivity index (χ4v) is 3.65. The van der Waals surface area contributed by atoms with Crippen LogP contribution in [-0.2, 0) is 7.05 Å². The van der Waals surface area contributed by atoms with E-state index in [1.807, 2.05) is 42.5 Å². The maximum Gasteiger partial charge on any atom is 0.298 e. The number of carbonyl (C=O) groups excluding carboxylic acids is 1. The smallest absolute Gasteiger partial charge is 0.298 e. The second-order valence-electron chi connectivity index (χ2n) is 7.79. The van der Waals surface area contributed by atoms with E-state index in [1.165, 1.54) is 6.20 Å². The second-order valence-corrected chi connectivity index (χ2v) is 7.79. The summed E-state index contributed by atoms with van der Waals surface area (Å²) < 4.78 is 7.48. The number of fused-ring (bicyclic) bond motifs is 1. The number of aryl methyl sites for hydroxylation is 1. The highest BCUT2D eigenvalue weighted by molar-refractivity contribution is 6.02. The number of hydrogen-bond acceptors (Lipinski definition) is 7. The van der Waals surface area contributed by atoms with Crippen molar-refractivity contribution in [2.75, 3.05) is 43.4 Å². The molecule has 1 saturated heterocycles. The molecule has 1 aliphatic rings. The number of hydrogen-bond donors (Lipinski definition) is 1. The lowest BCUT2D eigenvalue weighted by molar-refractivity contribution is 0.0996. The summed E-state index contributed by atoms with van der Waals surface area (Å²) in [5.41, 5.74) is 2.08. The zero-order valence-electron chi connectivity index (χ0n) is 17.4. The highest BCUT2D eigenvalue weighted by atomic mass is 16.4. The van der Waals surface area contributed by atoms with Crippen LogP contribution in [0.3, 0.4) is 0 Å². The first-order valence-electron chi connectivity index (χ1n) is 10.1. The van der Waals surface area contributed by atoms with Crippen LogP contribution in [0.25, 0.3) is 21.9 Å². The van der Waals surface area contributed by atoms with Gasteiger partial charge in [-0.2, -0.15) is 5.10 Å². The Morgan fingerprint density at radius 2 is 1.81 bits per heavy atom. The molecule has 1 amide bonds. The third-order valence-electron chi connectivity index (χ3n) is 5.49. The molecule has 3 aromatic heterocycles. The van der Waals surface area contributed by atoms with Gasteiger partial charge in [0, 0.05) is 56.6 Å². The van der Waals surface area contributed by atoms with Gasteiger partial charge < -0.3 is 19.5 Å².